The number of hydrogen-bond acceptors (Lipinski definition) is 4. The van der Waals surface area contributed by atoms with Crippen LogP contribution in [0.2, 0.25) is 5.02 Å². The minimum atomic E-state index is -0.586. The predicted octanol–water partition coefficient (Wildman–Crippen LogP) is -0.292. The van der Waals surface area contributed by atoms with Crippen LogP contribution in [0.1, 0.15) is 6.42 Å². The van der Waals surface area contributed by atoms with Gasteiger partial charge in [-0.05, 0) is 24.3 Å². The smallest absolute Gasteiger partial charge is 0.361 e. The third-order valence-electron chi connectivity index (χ3n) is 3.06. The van der Waals surface area contributed by atoms with E-state index in [-0.39, 0.29) is 24.8 Å². The standard InChI is InChI=1S/C13H13ClN2O4/c1-20-12(18)7-15-10-6-11(17)16(13(10)19)9-4-2-8(14)3-5-9/h2-5,10,15H,6-7H2,1H3/p+1. The Balaban J connectivity index is 2.09. The second-order valence-corrected chi connectivity index (χ2v) is 4.81. The molecule has 2 N–H and O–H groups in total. The zero-order valence-electron chi connectivity index (χ0n) is 10.8. The molecule has 1 fully saturated rings. The van der Waals surface area contributed by atoms with Crippen LogP contribution in [-0.2, 0) is 19.1 Å². The fourth-order valence-corrected chi connectivity index (χ4v) is 2.15. The van der Waals surface area contributed by atoms with Gasteiger partial charge in [-0.3, -0.25) is 9.59 Å². The first-order valence-electron chi connectivity index (χ1n) is 6.05. The van der Waals surface area contributed by atoms with E-state index in [1.807, 2.05) is 0 Å². The van der Waals surface area contributed by atoms with Gasteiger partial charge < -0.3 is 10.1 Å². The summed E-state index contributed by atoms with van der Waals surface area (Å²) in [5.41, 5.74) is 0.485. The summed E-state index contributed by atoms with van der Waals surface area (Å²) < 4.78 is 4.50. The molecule has 1 heterocycles. The SMILES string of the molecule is COC(=O)C[NH2+]C1CC(=O)N(c2ccc(Cl)cc2)C1=O. The lowest BCUT2D eigenvalue weighted by Crippen LogP contribution is -2.93. The van der Waals surface area contributed by atoms with Crippen molar-refractivity contribution in [3.05, 3.63) is 29.3 Å². The van der Waals surface area contributed by atoms with Gasteiger partial charge >= 0.3 is 5.97 Å². The normalized spacial score (nSPS) is 18.5. The van der Waals surface area contributed by atoms with Crippen LogP contribution in [0.4, 0.5) is 5.69 Å². The fraction of sp³-hybridized carbons (Fsp3) is 0.308. The highest BCUT2D eigenvalue weighted by atomic mass is 35.5. The zero-order valence-corrected chi connectivity index (χ0v) is 11.6. The first-order valence-corrected chi connectivity index (χ1v) is 6.43. The topological polar surface area (TPSA) is 80.3 Å². The van der Waals surface area contributed by atoms with E-state index in [2.05, 4.69) is 4.74 Å². The molecule has 1 atom stereocenters. The number of rotatable bonds is 4. The summed E-state index contributed by atoms with van der Waals surface area (Å²) in [6.45, 7) is 0.00858. The molecule has 2 amide bonds. The van der Waals surface area contributed by atoms with Crippen LogP contribution in [0, 0.1) is 0 Å². The Morgan fingerprint density at radius 1 is 1.40 bits per heavy atom. The molecule has 0 saturated carbocycles. The Morgan fingerprint density at radius 3 is 2.65 bits per heavy atom. The van der Waals surface area contributed by atoms with Crippen molar-refractivity contribution in [1.29, 1.82) is 0 Å². The number of methoxy groups -OCH3 is 1. The summed E-state index contributed by atoms with van der Waals surface area (Å²) in [5, 5.41) is 2.05. The van der Waals surface area contributed by atoms with E-state index in [0.29, 0.717) is 10.7 Å². The van der Waals surface area contributed by atoms with Crippen molar-refractivity contribution in [2.75, 3.05) is 18.6 Å². The van der Waals surface area contributed by atoms with Gasteiger partial charge in [0.2, 0.25) is 5.91 Å². The number of anilines is 1. The third-order valence-corrected chi connectivity index (χ3v) is 3.32. The van der Waals surface area contributed by atoms with Crippen molar-refractivity contribution in [1.82, 2.24) is 0 Å². The summed E-state index contributed by atoms with van der Waals surface area (Å²) in [4.78, 5) is 36.3. The molecule has 6 nitrogen and oxygen atoms in total. The van der Waals surface area contributed by atoms with E-state index in [4.69, 9.17) is 11.6 Å². The first-order chi connectivity index (χ1) is 9.52. The maximum Gasteiger partial charge on any atom is 0.361 e. The number of imide groups is 1. The molecule has 1 aliphatic rings. The van der Waals surface area contributed by atoms with Gasteiger partial charge in [-0.2, -0.15) is 0 Å². The van der Waals surface area contributed by atoms with Gasteiger partial charge in [0.25, 0.3) is 5.91 Å². The van der Waals surface area contributed by atoms with E-state index in [0.717, 1.165) is 4.90 Å². The Hall–Kier alpha value is -1.92. The molecular weight excluding hydrogens is 284 g/mol. The molecule has 0 aromatic heterocycles. The van der Waals surface area contributed by atoms with Gasteiger partial charge in [-0.25, -0.2) is 9.69 Å². The Bertz CT molecular complexity index is 544. The van der Waals surface area contributed by atoms with E-state index in [1.54, 1.807) is 24.3 Å². The summed E-state index contributed by atoms with van der Waals surface area (Å²) in [7, 11) is 1.28. The van der Waals surface area contributed by atoms with E-state index in [9.17, 15) is 14.4 Å². The molecule has 106 valence electrons. The maximum absolute atomic E-state index is 12.2. The molecule has 1 aromatic carbocycles. The van der Waals surface area contributed by atoms with E-state index >= 15 is 0 Å². The van der Waals surface area contributed by atoms with Crippen LogP contribution in [0.25, 0.3) is 0 Å². The average molecular weight is 298 g/mol. The first kappa shape index (κ1) is 14.5. The highest BCUT2D eigenvalue weighted by molar-refractivity contribution is 6.30. The van der Waals surface area contributed by atoms with Crippen LogP contribution < -0.4 is 10.2 Å². The quantitative estimate of drug-likeness (QED) is 0.612. The van der Waals surface area contributed by atoms with Gasteiger partial charge in [0.15, 0.2) is 12.6 Å². The molecule has 1 aliphatic heterocycles. The molecule has 20 heavy (non-hydrogen) atoms. The van der Waals surface area contributed by atoms with Crippen LogP contribution in [-0.4, -0.2) is 37.5 Å². The summed E-state index contributed by atoms with van der Waals surface area (Å²) in [6, 6.07) is 5.87. The number of halogens is 1. The minimum Gasteiger partial charge on any atom is -0.465 e. The molecule has 7 heteroatoms. The lowest BCUT2D eigenvalue weighted by molar-refractivity contribution is -0.665. The number of benzene rings is 1. The van der Waals surface area contributed by atoms with E-state index < -0.39 is 12.0 Å². The average Bonchev–Trinajstić information content (AvgIpc) is 2.72. The van der Waals surface area contributed by atoms with Crippen LogP contribution in [0.5, 0.6) is 0 Å². The lowest BCUT2D eigenvalue weighted by atomic mass is 10.2. The Labute approximate surface area is 120 Å². The molecule has 1 saturated heterocycles. The van der Waals surface area contributed by atoms with Gasteiger partial charge in [-0.1, -0.05) is 11.6 Å². The van der Waals surface area contributed by atoms with Gasteiger partial charge in [0.1, 0.15) is 0 Å². The summed E-state index contributed by atoms with van der Waals surface area (Å²) >= 11 is 5.77. The highest BCUT2D eigenvalue weighted by Gasteiger charge is 2.42. The predicted molar refractivity (Wildman–Crippen MR) is 71.2 cm³/mol. The van der Waals surface area contributed by atoms with Crippen molar-refractivity contribution < 1.29 is 24.4 Å². The summed E-state index contributed by atoms with van der Waals surface area (Å²) in [5.74, 6) is -1.06. The van der Waals surface area contributed by atoms with Crippen molar-refractivity contribution in [3.63, 3.8) is 0 Å². The fourth-order valence-electron chi connectivity index (χ4n) is 2.02. The molecule has 0 spiro atoms. The summed E-state index contributed by atoms with van der Waals surface area (Å²) in [6.07, 6.45) is 0.0679. The number of quaternary nitrogens is 1. The van der Waals surface area contributed by atoms with Crippen LogP contribution in [0.15, 0.2) is 24.3 Å². The molecule has 1 aromatic rings. The highest BCUT2D eigenvalue weighted by Crippen LogP contribution is 2.23. The molecule has 0 aliphatic carbocycles. The van der Waals surface area contributed by atoms with Crippen LogP contribution >= 0.6 is 11.6 Å². The van der Waals surface area contributed by atoms with Crippen molar-refractivity contribution >= 4 is 35.1 Å². The Kier molecular flexibility index (Phi) is 4.36. The molecule has 0 bridgehead atoms. The molecule has 2 rings (SSSR count). The number of hydrogen-bond donors (Lipinski definition) is 1. The second kappa shape index (κ2) is 6.02. The third kappa shape index (κ3) is 2.97. The number of esters is 1. The van der Waals surface area contributed by atoms with E-state index in [1.165, 1.54) is 12.4 Å². The Morgan fingerprint density at radius 2 is 2.05 bits per heavy atom. The van der Waals surface area contributed by atoms with Crippen molar-refractivity contribution in [2.24, 2.45) is 0 Å². The molecule has 1 unspecified atom stereocenters. The number of amides is 2. The number of nitrogens with zero attached hydrogens (tertiary/aromatic N) is 1. The number of carbonyl (C=O) groups excluding carboxylic acids is 3. The monoisotopic (exact) mass is 297 g/mol. The van der Waals surface area contributed by atoms with Crippen molar-refractivity contribution in [3.8, 4) is 0 Å². The number of nitrogens with two attached hydrogens (primary N) is 1. The van der Waals surface area contributed by atoms with Gasteiger partial charge in [0, 0.05) is 5.02 Å². The molecular formula is C13H14ClN2O4+. The van der Waals surface area contributed by atoms with Gasteiger partial charge in [-0.15, -0.1) is 0 Å². The molecule has 0 radical (unpaired) electrons. The largest absolute Gasteiger partial charge is 0.465 e. The number of ether oxygens (including phenoxy) is 1. The number of carbonyl (C=O) groups is 3. The maximum atomic E-state index is 12.2. The van der Waals surface area contributed by atoms with Crippen LogP contribution in [0.3, 0.4) is 0 Å². The second-order valence-electron chi connectivity index (χ2n) is 4.37. The van der Waals surface area contributed by atoms with Crippen molar-refractivity contribution in [2.45, 2.75) is 12.5 Å². The zero-order chi connectivity index (χ0) is 14.7. The van der Waals surface area contributed by atoms with Gasteiger partial charge in [0.05, 0.1) is 19.2 Å². The lowest BCUT2D eigenvalue weighted by Gasteiger charge is -2.14. The minimum absolute atomic E-state index is 0.00858.